The number of rotatable bonds is 4. The maximum Gasteiger partial charge on any atom is 0.338 e. The van der Waals surface area contributed by atoms with Crippen LogP contribution in [0, 0.1) is 0 Å². The van der Waals surface area contributed by atoms with E-state index in [1.807, 2.05) is 12.1 Å². The standard InChI is InChI=1S/C18H16BrNO3/c1-22-18(21)16-6-8-20-11-13(16)3-2-12-7-9-23-17-10-14(19)4-5-15(12)17/h4-8,10-11H,2-3,9H2,1H3. The van der Waals surface area contributed by atoms with E-state index >= 15 is 0 Å². The molecule has 0 bridgehead atoms. The Kier molecular flexibility index (Phi) is 4.76. The molecule has 2 heterocycles. The second-order valence-corrected chi connectivity index (χ2v) is 6.12. The highest BCUT2D eigenvalue weighted by Crippen LogP contribution is 2.34. The molecular formula is C18H16BrNO3. The monoisotopic (exact) mass is 373 g/mol. The van der Waals surface area contributed by atoms with Gasteiger partial charge in [-0.25, -0.2) is 4.79 Å². The summed E-state index contributed by atoms with van der Waals surface area (Å²) in [6.07, 6.45) is 6.96. The van der Waals surface area contributed by atoms with Crippen molar-refractivity contribution in [3.05, 3.63) is 63.9 Å². The highest BCUT2D eigenvalue weighted by Gasteiger charge is 2.16. The molecule has 0 saturated heterocycles. The smallest absolute Gasteiger partial charge is 0.338 e. The number of aryl methyl sites for hydroxylation is 1. The number of fused-ring (bicyclic) bond motifs is 1. The molecule has 1 aromatic heterocycles. The van der Waals surface area contributed by atoms with Gasteiger partial charge in [0.05, 0.1) is 12.7 Å². The average Bonchev–Trinajstić information content (AvgIpc) is 2.59. The zero-order valence-electron chi connectivity index (χ0n) is 12.7. The third-order valence-electron chi connectivity index (χ3n) is 3.83. The Morgan fingerprint density at radius 1 is 1.35 bits per heavy atom. The van der Waals surface area contributed by atoms with Gasteiger partial charge in [0.25, 0.3) is 0 Å². The molecule has 23 heavy (non-hydrogen) atoms. The lowest BCUT2D eigenvalue weighted by molar-refractivity contribution is 0.0599. The molecule has 1 aliphatic rings. The molecule has 3 rings (SSSR count). The average molecular weight is 374 g/mol. The van der Waals surface area contributed by atoms with E-state index in [2.05, 4.69) is 33.1 Å². The number of allylic oxidation sites excluding steroid dienone is 1. The summed E-state index contributed by atoms with van der Waals surface area (Å²) in [5.74, 6) is 0.559. The Morgan fingerprint density at radius 2 is 2.22 bits per heavy atom. The van der Waals surface area contributed by atoms with Crippen LogP contribution in [-0.2, 0) is 11.2 Å². The van der Waals surface area contributed by atoms with Gasteiger partial charge in [-0.3, -0.25) is 4.98 Å². The van der Waals surface area contributed by atoms with Crippen molar-refractivity contribution in [2.24, 2.45) is 0 Å². The van der Waals surface area contributed by atoms with Crippen LogP contribution in [0.5, 0.6) is 5.75 Å². The number of hydrogen-bond acceptors (Lipinski definition) is 4. The Morgan fingerprint density at radius 3 is 3.04 bits per heavy atom. The van der Waals surface area contributed by atoms with Crippen molar-refractivity contribution in [1.82, 2.24) is 4.98 Å². The van der Waals surface area contributed by atoms with Crippen molar-refractivity contribution in [3.63, 3.8) is 0 Å². The number of ether oxygens (including phenoxy) is 2. The Hall–Kier alpha value is -2.14. The normalized spacial score (nSPS) is 12.9. The van der Waals surface area contributed by atoms with Crippen molar-refractivity contribution in [2.75, 3.05) is 13.7 Å². The number of pyridine rings is 1. The van der Waals surface area contributed by atoms with Crippen LogP contribution in [0.15, 0.2) is 47.2 Å². The van der Waals surface area contributed by atoms with Gasteiger partial charge < -0.3 is 9.47 Å². The molecule has 0 N–H and O–H groups in total. The zero-order valence-corrected chi connectivity index (χ0v) is 14.3. The van der Waals surface area contributed by atoms with E-state index in [1.54, 1.807) is 18.5 Å². The van der Waals surface area contributed by atoms with Crippen molar-refractivity contribution in [1.29, 1.82) is 0 Å². The van der Waals surface area contributed by atoms with Crippen molar-refractivity contribution >= 4 is 27.5 Å². The fourth-order valence-electron chi connectivity index (χ4n) is 2.66. The van der Waals surface area contributed by atoms with Gasteiger partial charge in [0, 0.05) is 22.4 Å². The van der Waals surface area contributed by atoms with E-state index in [4.69, 9.17) is 9.47 Å². The van der Waals surface area contributed by atoms with E-state index in [-0.39, 0.29) is 5.97 Å². The lowest BCUT2D eigenvalue weighted by Crippen LogP contribution is -2.08. The molecule has 0 spiro atoms. The summed E-state index contributed by atoms with van der Waals surface area (Å²) >= 11 is 3.46. The molecule has 4 nitrogen and oxygen atoms in total. The molecule has 0 unspecified atom stereocenters. The lowest BCUT2D eigenvalue weighted by atomic mass is 9.95. The molecule has 0 radical (unpaired) electrons. The molecule has 0 fully saturated rings. The molecule has 1 aliphatic heterocycles. The number of methoxy groups -OCH3 is 1. The van der Waals surface area contributed by atoms with Crippen LogP contribution in [0.1, 0.15) is 27.9 Å². The minimum Gasteiger partial charge on any atom is -0.489 e. The second kappa shape index (κ2) is 6.96. The van der Waals surface area contributed by atoms with E-state index in [1.165, 1.54) is 12.7 Å². The van der Waals surface area contributed by atoms with Gasteiger partial charge in [0.1, 0.15) is 12.4 Å². The number of esters is 1. The second-order valence-electron chi connectivity index (χ2n) is 5.21. The molecule has 5 heteroatoms. The third kappa shape index (κ3) is 3.45. The fraction of sp³-hybridized carbons (Fsp3) is 0.222. The summed E-state index contributed by atoms with van der Waals surface area (Å²) in [6.45, 7) is 0.565. The first-order valence-electron chi connectivity index (χ1n) is 7.32. The van der Waals surface area contributed by atoms with Gasteiger partial charge in [-0.2, -0.15) is 0 Å². The van der Waals surface area contributed by atoms with Gasteiger partial charge in [-0.1, -0.05) is 15.9 Å². The SMILES string of the molecule is COC(=O)c1ccncc1CCC1=CCOc2cc(Br)ccc21. The highest BCUT2D eigenvalue weighted by atomic mass is 79.9. The first-order chi connectivity index (χ1) is 11.2. The maximum atomic E-state index is 11.8. The van der Waals surface area contributed by atoms with Gasteiger partial charge >= 0.3 is 5.97 Å². The first-order valence-corrected chi connectivity index (χ1v) is 8.11. The molecule has 0 saturated carbocycles. The quantitative estimate of drug-likeness (QED) is 0.758. The number of carbonyl (C=O) groups excluding carboxylic acids is 1. The predicted molar refractivity (Wildman–Crippen MR) is 91.5 cm³/mol. The van der Waals surface area contributed by atoms with Crippen molar-refractivity contribution in [3.8, 4) is 5.75 Å². The molecule has 0 amide bonds. The summed E-state index contributed by atoms with van der Waals surface area (Å²) in [5, 5.41) is 0. The number of carbonyl (C=O) groups is 1. The largest absolute Gasteiger partial charge is 0.489 e. The van der Waals surface area contributed by atoms with Crippen LogP contribution in [0.25, 0.3) is 5.57 Å². The van der Waals surface area contributed by atoms with Crippen LogP contribution in [0.4, 0.5) is 0 Å². The summed E-state index contributed by atoms with van der Waals surface area (Å²) in [6, 6.07) is 7.73. The minimum atomic E-state index is -0.326. The predicted octanol–water partition coefficient (Wildman–Crippen LogP) is 4.04. The molecular weight excluding hydrogens is 358 g/mol. The van der Waals surface area contributed by atoms with Gasteiger partial charge in [-0.15, -0.1) is 0 Å². The van der Waals surface area contributed by atoms with Gasteiger partial charge in [-0.05, 0) is 54.3 Å². The summed E-state index contributed by atoms with van der Waals surface area (Å²) < 4.78 is 11.5. The van der Waals surface area contributed by atoms with Gasteiger partial charge in [0.15, 0.2) is 0 Å². The molecule has 0 atom stereocenters. The zero-order chi connectivity index (χ0) is 16.2. The van der Waals surface area contributed by atoms with Crippen LogP contribution in [-0.4, -0.2) is 24.7 Å². The lowest BCUT2D eigenvalue weighted by Gasteiger charge is -2.19. The van der Waals surface area contributed by atoms with E-state index < -0.39 is 0 Å². The fourth-order valence-corrected chi connectivity index (χ4v) is 3.00. The number of hydrogen-bond donors (Lipinski definition) is 0. The molecule has 118 valence electrons. The van der Waals surface area contributed by atoms with Crippen LogP contribution in [0.2, 0.25) is 0 Å². The number of halogens is 1. The Labute approximate surface area is 143 Å². The van der Waals surface area contributed by atoms with Gasteiger partial charge in [0.2, 0.25) is 0 Å². The van der Waals surface area contributed by atoms with Crippen LogP contribution in [0.3, 0.4) is 0 Å². The summed E-state index contributed by atoms with van der Waals surface area (Å²) in [7, 11) is 1.39. The Bertz CT molecular complexity index is 771. The van der Waals surface area contributed by atoms with Crippen molar-refractivity contribution < 1.29 is 14.3 Å². The van der Waals surface area contributed by atoms with Crippen LogP contribution < -0.4 is 4.74 Å². The van der Waals surface area contributed by atoms with E-state index in [0.717, 1.165) is 34.2 Å². The Balaban J connectivity index is 1.80. The number of nitrogens with zero attached hydrogens (tertiary/aromatic N) is 1. The number of aromatic nitrogens is 1. The topological polar surface area (TPSA) is 48.4 Å². The van der Waals surface area contributed by atoms with E-state index in [0.29, 0.717) is 12.2 Å². The minimum absolute atomic E-state index is 0.326. The summed E-state index contributed by atoms with van der Waals surface area (Å²) in [5.41, 5.74) is 3.79. The summed E-state index contributed by atoms with van der Waals surface area (Å²) in [4.78, 5) is 16.0. The van der Waals surface area contributed by atoms with Crippen molar-refractivity contribution in [2.45, 2.75) is 12.8 Å². The maximum absolute atomic E-state index is 11.8. The first kappa shape index (κ1) is 15.7. The molecule has 2 aromatic rings. The molecule has 0 aliphatic carbocycles. The van der Waals surface area contributed by atoms with E-state index in [9.17, 15) is 4.79 Å². The van der Waals surface area contributed by atoms with Crippen LogP contribution >= 0.6 is 15.9 Å². The molecule has 1 aromatic carbocycles. The number of benzene rings is 1. The highest BCUT2D eigenvalue weighted by molar-refractivity contribution is 9.10. The third-order valence-corrected chi connectivity index (χ3v) is 4.32.